The summed E-state index contributed by atoms with van der Waals surface area (Å²) in [6.07, 6.45) is 4.29. The topological polar surface area (TPSA) is 87.8 Å². The Labute approximate surface area is 164 Å². The summed E-state index contributed by atoms with van der Waals surface area (Å²) in [6.45, 7) is 2.96. The SMILES string of the molecule is O=C(NCCC1(O)CCCC1)c1c(N2CCOCC2)noc1-c1ccccc1. The van der Waals surface area contributed by atoms with Crippen LogP contribution in [0, 0.1) is 0 Å². The Morgan fingerprint density at radius 2 is 1.89 bits per heavy atom. The molecule has 1 aliphatic heterocycles. The first-order chi connectivity index (χ1) is 13.7. The van der Waals surface area contributed by atoms with Gasteiger partial charge in [-0.05, 0) is 19.3 Å². The highest BCUT2D eigenvalue weighted by atomic mass is 16.5. The normalized spacial score (nSPS) is 19.0. The van der Waals surface area contributed by atoms with Crippen LogP contribution in [-0.2, 0) is 4.74 Å². The van der Waals surface area contributed by atoms with E-state index in [1.54, 1.807) is 0 Å². The zero-order chi connectivity index (χ0) is 19.4. The zero-order valence-electron chi connectivity index (χ0n) is 16.0. The number of morpholine rings is 1. The summed E-state index contributed by atoms with van der Waals surface area (Å²) >= 11 is 0. The number of amides is 1. The second-order valence-electron chi connectivity index (χ2n) is 7.61. The number of ether oxygens (including phenoxy) is 1. The van der Waals surface area contributed by atoms with Gasteiger partial charge in [-0.1, -0.05) is 48.3 Å². The minimum absolute atomic E-state index is 0.219. The van der Waals surface area contributed by atoms with E-state index in [1.807, 2.05) is 35.2 Å². The molecule has 0 radical (unpaired) electrons. The van der Waals surface area contributed by atoms with Gasteiger partial charge in [-0.15, -0.1) is 0 Å². The van der Waals surface area contributed by atoms with E-state index in [0.717, 1.165) is 31.2 Å². The minimum atomic E-state index is -0.642. The number of nitrogens with zero attached hydrogens (tertiary/aromatic N) is 2. The van der Waals surface area contributed by atoms with Crippen LogP contribution in [0.15, 0.2) is 34.9 Å². The Kier molecular flexibility index (Phi) is 5.64. The van der Waals surface area contributed by atoms with Crippen molar-refractivity contribution in [2.75, 3.05) is 37.7 Å². The summed E-state index contributed by atoms with van der Waals surface area (Å²) in [5.41, 5.74) is 0.623. The Balaban J connectivity index is 1.55. The lowest BCUT2D eigenvalue weighted by atomic mass is 9.98. The van der Waals surface area contributed by atoms with E-state index in [0.29, 0.717) is 56.4 Å². The number of anilines is 1. The quantitative estimate of drug-likeness (QED) is 0.795. The number of aliphatic hydroxyl groups is 1. The van der Waals surface area contributed by atoms with Gasteiger partial charge in [-0.2, -0.15) is 0 Å². The number of aromatic nitrogens is 1. The Hall–Kier alpha value is -2.38. The molecule has 28 heavy (non-hydrogen) atoms. The molecule has 1 saturated carbocycles. The fourth-order valence-corrected chi connectivity index (χ4v) is 4.04. The van der Waals surface area contributed by atoms with Gasteiger partial charge in [0, 0.05) is 25.2 Å². The molecule has 7 nitrogen and oxygen atoms in total. The van der Waals surface area contributed by atoms with Crippen LogP contribution in [0.4, 0.5) is 5.82 Å². The lowest BCUT2D eigenvalue weighted by molar-refractivity contribution is 0.0389. The summed E-state index contributed by atoms with van der Waals surface area (Å²) in [5.74, 6) is 0.807. The predicted octanol–water partition coefficient (Wildman–Crippen LogP) is 2.60. The van der Waals surface area contributed by atoms with Crippen LogP contribution in [0.3, 0.4) is 0 Å². The van der Waals surface area contributed by atoms with Crippen molar-refractivity contribution in [3.8, 4) is 11.3 Å². The molecule has 2 aliphatic rings. The second-order valence-corrected chi connectivity index (χ2v) is 7.61. The highest BCUT2D eigenvalue weighted by Crippen LogP contribution is 2.33. The van der Waals surface area contributed by atoms with E-state index in [9.17, 15) is 9.90 Å². The molecule has 2 heterocycles. The van der Waals surface area contributed by atoms with Crippen molar-refractivity contribution in [1.29, 1.82) is 0 Å². The van der Waals surface area contributed by atoms with Gasteiger partial charge >= 0.3 is 0 Å². The molecule has 1 aromatic heterocycles. The highest BCUT2D eigenvalue weighted by Gasteiger charge is 2.32. The molecule has 4 rings (SSSR count). The third kappa shape index (κ3) is 4.05. The number of rotatable bonds is 6. The summed E-state index contributed by atoms with van der Waals surface area (Å²) in [6, 6.07) is 9.54. The van der Waals surface area contributed by atoms with Crippen LogP contribution in [-0.4, -0.2) is 54.6 Å². The molecule has 2 fully saturated rings. The average molecular weight is 385 g/mol. The number of carbonyl (C=O) groups is 1. The first-order valence-corrected chi connectivity index (χ1v) is 10.0. The van der Waals surface area contributed by atoms with Gasteiger partial charge in [-0.3, -0.25) is 4.79 Å². The van der Waals surface area contributed by atoms with Gasteiger partial charge < -0.3 is 24.6 Å². The maximum Gasteiger partial charge on any atom is 0.259 e. The molecule has 1 aliphatic carbocycles. The predicted molar refractivity (Wildman–Crippen MR) is 105 cm³/mol. The van der Waals surface area contributed by atoms with Gasteiger partial charge in [0.05, 0.1) is 18.8 Å². The Morgan fingerprint density at radius 1 is 1.18 bits per heavy atom. The Morgan fingerprint density at radius 3 is 2.61 bits per heavy atom. The smallest absolute Gasteiger partial charge is 0.259 e. The molecule has 150 valence electrons. The summed E-state index contributed by atoms with van der Waals surface area (Å²) in [7, 11) is 0. The summed E-state index contributed by atoms with van der Waals surface area (Å²) in [4.78, 5) is 15.1. The number of benzene rings is 1. The van der Waals surface area contributed by atoms with Crippen molar-refractivity contribution >= 4 is 11.7 Å². The summed E-state index contributed by atoms with van der Waals surface area (Å²) < 4.78 is 11.0. The van der Waals surface area contributed by atoms with Crippen molar-refractivity contribution in [3.63, 3.8) is 0 Å². The van der Waals surface area contributed by atoms with E-state index in [1.165, 1.54) is 0 Å². The Bertz CT molecular complexity index is 793. The second kappa shape index (κ2) is 8.32. The van der Waals surface area contributed by atoms with Gasteiger partial charge in [0.2, 0.25) is 0 Å². The van der Waals surface area contributed by atoms with E-state index in [-0.39, 0.29) is 5.91 Å². The van der Waals surface area contributed by atoms with Crippen LogP contribution in [0.1, 0.15) is 42.5 Å². The number of nitrogens with one attached hydrogen (secondary N) is 1. The monoisotopic (exact) mass is 385 g/mol. The fourth-order valence-electron chi connectivity index (χ4n) is 4.04. The standard InChI is InChI=1S/C21H27N3O4/c25-20(22-11-10-21(26)8-4-5-9-21)17-18(16-6-2-1-3-7-16)28-23-19(17)24-12-14-27-15-13-24/h1-3,6-7,26H,4-5,8-15H2,(H,22,25). The minimum Gasteiger partial charge on any atom is -0.390 e. The maximum atomic E-state index is 13.1. The van der Waals surface area contributed by atoms with E-state index < -0.39 is 5.60 Å². The van der Waals surface area contributed by atoms with Crippen molar-refractivity contribution in [2.24, 2.45) is 0 Å². The first kappa shape index (κ1) is 19.0. The number of hydrogen-bond donors (Lipinski definition) is 2. The molecule has 2 aromatic rings. The molecule has 1 saturated heterocycles. The van der Waals surface area contributed by atoms with E-state index in [2.05, 4.69) is 10.5 Å². The van der Waals surface area contributed by atoms with Crippen LogP contribution in [0.5, 0.6) is 0 Å². The molecular weight excluding hydrogens is 358 g/mol. The molecule has 1 amide bonds. The van der Waals surface area contributed by atoms with Crippen LogP contribution in [0.2, 0.25) is 0 Å². The molecular formula is C21H27N3O4. The van der Waals surface area contributed by atoms with E-state index >= 15 is 0 Å². The molecule has 0 bridgehead atoms. The number of hydrogen-bond acceptors (Lipinski definition) is 6. The molecule has 0 spiro atoms. The third-order valence-corrected chi connectivity index (χ3v) is 5.66. The molecule has 7 heteroatoms. The van der Waals surface area contributed by atoms with Gasteiger partial charge in [0.25, 0.3) is 5.91 Å². The largest absolute Gasteiger partial charge is 0.390 e. The van der Waals surface area contributed by atoms with Gasteiger partial charge in [0.15, 0.2) is 11.6 Å². The van der Waals surface area contributed by atoms with Gasteiger partial charge in [0.1, 0.15) is 5.56 Å². The molecule has 0 unspecified atom stereocenters. The fraction of sp³-hybridized carbons (Fsp3) is 0.524. The first-order valence-electron chi connectivity index (χ1n) is 10.0. The third-order valence-electron chi connectivity index (χ3n) is 5.66. The average Bonchev–Trinajstić information content (AvgIpc) is 3.36. The van der Waals surface area contributed by atoms with Gasteiger partial charge in [-0.25, -0.2) is 0 Å². The summed E-state index contributed by atoms with van der Waals surface area (Å²) in [5, 5.41) is 17.7. The van der Waals surface area contributed by atoms with Crippen molar-refractivity contribution in [1.82, 2.24) is 10.5 Å². The van der Waals surface area contributed by atoms with Crippen molar-refractivity contribution in [2.45, 2.75) is 37.7 Å². The van der Waals surface area contributed by atoms with Crippen molar-refractivity contribution in [3.05, 3.63) is 35.9 Å². The van der Waals surface area contributed by atoms with E-state index in [4.69, 9.17) is 9.26 Å². The maximum absolute atomic E-state index is 13.1. The molecule has 2 N–H and O–H groups in total. The highest BCUT2D eigenvalue weighted by molar-refractivity contribution is 6.04. The lowest BCUT2D eigenvalue weighted by Gasteiger charge is -2.27. The van der Waals surface area contributed by atoms with Crippen LogP contribution < -0.4 is 10.2 Å². The molecule has 0 atom stereocenters. The molecule has 1 aromatic carbocycles. The van der Waals surface area contributed by atoms with Crippen molar-refractivity contribution < 1.29 is 19.2 Å². The zero-order valence-corrected chi connectivity index (χ0v) is 16.0. The lowest BCUT2D eigenvalue weighted by Crippen LogP contribution is -2.38. The van der Waals surface area contributed by atoms with Crippen LogP contribution in [0.25, 0.3) is 11.3 Å². The van der Waals surface area contributed by atoms with Crippen LogP contribution >= 0.6 is 0 Å². The number of carbonyl (C=O) groups excluding carboxylic acids is 1.